The van der Waals surface area contributed by atoms with E-state index in [9.17, 15) is 8.42 Å². The summed E-state index contributed by atoms with van der Waals surface area (Å²) >= 11 is 0. The van der Waals surface area contributed by atoms with Crippen molar-refractivity contribution in [1.29, 1.82) is 0 Å². The first-order chi connectivity index (χ1) is 8.49. The van der Waals surface area contributed by atoms with Crippen LogP contribution in [0.2, 0.25) is 0 Å². The molecule has 1 atom stereocenters. The van der Waals surface area contributed by atoms with Crippen LogP contribution in [-0.4, -0.2) is 39.0 Å². The molecule has 1 heterocycles. The minimum absolute atomic E-state index is 0.0725. The minimum atomic E-state index is -3.26. The number of hydrogen-bond donors (Lipinski definition) is 2. The molecule has 2 rings (SSSR count). The second-order valence-corrected chi connectivity index (χ2v) is 7.51. The summed E-state index contributed by atoms with van der Waals surface area (Å²) in [5.74, 6) is 0.0725. The summed E-state index contributed by atoms with van der Waals surface area (Å²) in [5, 5.41) is 0. The predicted octanol–water partition coefficient (Wildman–Crippen LogP) is 0.746. The van der Waals surface area contributed by atoms with Crippen LogP contribution in [0.3, 0.4) is 0 Å². The van der Waals surface area contributed by atoms with E-state index in [1.807, 2.05) is 0 Å². The quantitative estimate of drug-likeness (QED) is 0.776. The van der Waals surface area contributed by atoms with Crippen molar-refractivity contribution in [2.75, 3.05) is 18.9 Å². The van der Waals surface area contributed by atoms with Crippen molar-refractivity contribution in [1.82, 2.24) is 4.72 Å². The first kappa shape index (κ1) is 14.2. The zero-order valence-electron chi connectivity index (χ0n) is 10.9. The Labute approximate surface area is 110 Å². The Morgan fingerprint density at radius 3 is 2.56 bits per heavy atom. The molecule has 18 heavy (non-hydrogen) atoms. The number of hydrogen-bond acceptors (Lipinski definition) is 4. The van der Waals surface area contributed by atoms with Gasteiger partial charge in [-0.05, 0) is 25.7 Å². The number of ether oxygens (including phenoxy) is 1. The Hall–Kier alpha value is -0.170. The topological polar surface area (TPSA) is 81.4 Å². The van der Waals surface area contributed by atoms with E-state index >= 15 is 0 Å². The lowest BCUT2D eigenvalue weighted by atomic mass is 9.83. The average Bonchev–Trinajstić information content (AvgIpc) is 2.80. The highest BCUT2D eigenvalue weighted by molar-refractivity contribution is 7.89. The van der Waals surface area contributed by atoms with E-state index in [0.29, 0.717) is 13.2 Å². The van der Waals surface area contributed by atoms with E-state index in [2.05, 4.69) is 4.72 Å². The van der Waals surface area contributed by atoms with Crippen LogP contribution >= 0.6 is 0 Å². The molecule has 1 saturated heterocycles. The molecule has 1 saturated carbocycles. The summed E-state index contributed by atoms with van der Waals surface area (Å²) in [6.07, 6.45) is 6.90. The lowest BCUT2D eigenvalue weighted by Crippen LogP contribution is -2.52. The predicted molar refractivity (Wildman–Crippen MR) is 70.8 cm³/mol. The zero-order chi connectivity index (χ0) is 13.1. The van der Waals surface area contributed by atoms with Gasteiger partial charge in [0.2, 0.25) is 10.0 Å². The largest absolute Gasteiger partial charge is 0.377 e. The Bertz CT molecular complexity index is 358. The van der Waals surface area contributed by atoms with Gasteiger partial charge in [-0.2, -0.15) is 0 Å². The van der Waals surface area contributed by atoms with Gasteiger partial charge in [0.15, 0.2) is 0 Å². The third-order valence-electron chi connectivity index (χ3n) is 3.92. The Morgan fingerprint density at radius 2 is 1.94 bits per heavy atom. The molecule has 0 aromatic heterocycles. The van der Waals surface area contributed by atoms with E-state index < -0.39 is 10.0 Å². The van der Waals surface area contributed by atoms with Gasteiger partial charge in [-0.25, -0.2) is 13.1 Å². The van der Waals surface area contributed by atoms with Gasteiger partial charge in [0, 0.05) is 18.7 Å². The zero-order valence-corrected chi connectivity index (χ0v) is 11.7. The molecule has 1 aliphatic heterocycles. The number of sulfonamides is 1. The van der Waals surface area contributed by atoms with Crippen LogP contribution in [0.25, 0.3) is 0 Å². The highest BCUT2D eigenvalue weighted by Gasteiger charge is 2.30. The van der Waals surface area contributed by atoms with Gasteiger partial charge in [-0.1, -0.05) is 19.3 Å². The number of rotatable bonds is 5. The van der Waals surface area contributed by atoms with E-state index in [0.717, 1.165) is 38.5 Å². The lowest BCUT2D eigenvalue weighted by molar-refractivity contribution is 0.127. The van der Waals surface area contributed by atoms with Crippen molar-refractivity contribution in [2.24, 2.45) is 5.73 Å². The molecule has 5 nitrogen and oxygen atoms in total. The van der Waals surface area contributed by atoms with Gasteiger partial charge >= 0.3 is 0 Å². The molecule has 2 fully saturated rings. The van der Waals surface area contributed by atoms with E-state index in [1.165, 1.54) is 6.42 Å². The van der Waals surface area contributed by atoms with Gasteiger partial charge in [-0.3, -0.25) is 0 Å². The van der Waals surface area contributed by atoms with E-state index in [1.54, 1.807) is 0 Å². The van der Waals surface area contributed by atoms with Crippen molar-refractivity contribution < 1.29 is 13.2 Å². The van der Waals surface area contributed by atoms with Crippen LogP contribution < -0.4 is 10.5 Å². The van der Waals surface area contributed by atoms with Crippen molar-refractivity contribution >= 4 is 10.0 Å². The van der Waals surface area contributed by atoms with Crippen LogP contribution in [0.4, 0.5) is 0 Å². The van der Waals surface area contributed by atoms with Crippen LogP contribution in [0.1, 0.15) is 44.9 Å². The van der Waals surface area contributed by atoms with Gasteiger partial charge in [0.25, 0.3) is 0 Å². The molecule has 0 amide bonds. The summed E-state index contributed by atoms with van der Waals surface area (Å²) in [4.78, 5) is 0. The van der Waals surface area contributed by atoms with Crippen molar-refractivity contribution in [3.63, 3.8) is 0 Å². The van der Waals surface area contributed by atoms with Crippen molar-refractivity contribution in [3.8, 4) is 0 Å². The SMILES string of the molecule is NC1(CNS(=O)(=O)CC2CCCO2)CCCCC1. The third kappa shape index (κ3) is 4.19. The molecule has 0 radical (unpaired) electrons. The van der Waals surface area contributed by atoms with Gasteiger partial charge in [0.05, 0.1) is 11.9 Å². The number of nitrogens with one attached hydrogen (secondary N) is 1. The van der Waals surface area contributed by atoms with Crippen LogP contribution in [0, 0.1) is 0 Å². The average molecular weight is 276 g/mol. The minimum Gasteiger partial charge on any atom is -0.377 e. The van der Waals surface area contributed by atoms with Gasteiger partial charge in [0.1, 0.15) is 0 Å². The summed E-state index contributed by atoms with van der Waals surface area (Å²) < 4.78 is 31.9. The Balaban J connectivity index is 1.80. The first-order valence-electron chi connectivity index (χ1n) is 6.87. The molecule has 0 bridgehead atoms. The fourth-order valence-corrected chi connectivity index (χ4v) is 4.14. The van der Waals surface area contributed by atoms with E-state index in [4.69, 9.17) is 10.5 Å². The van der Waals surface area contributed by atoms with Gasteiger partial charge < -0.3 is 10.5 Å². The Morgan fingerprint density at radius 1 is 1.22 bits per heavy atom. The molecular weight excluding hydrogens is 252 g/mol. The first-order valence-corrected chi connectivity index (χ1v) is 8.52. The van der Waals surface area contributed by atoms with Crippen LogP contribution in [0.5, 0.6) is 0 Å². The lowest BCUT2D eigenvalue weighted by Gasteiger charge is -2.33. The normalized spacial score (nSPS) is 28.4. The highest BCUT2D eigenvalue weighted by Crippen LogP contribution is 2.25. The molecule has 0 aromatic rings. The molecular formula is C12H24N2O3S. The summed E-state index contributed by atoms with van der Waals surface area (Å²) in [6.45, 7) is 1.04. The molecule has 1 aliphatic carbocycles. The van der Waals surface area contributed by atoms with E-state index in [-0.39, 0.29) is 17.4 Å². The molecule has 0 aromatic carbocycles. The maximum atomic E-state index is 11.9. The number of nitrogens with two attached hydrogens (primary N) is 1. The highest BCUT2D eigenvalue weighted by atomic mass is 32.2. The smallest absolute Gasteiger partial charge is 0.214 e. The monoisotopic (exact) mass is 276 g/mol. The summed E-state index contributed by atoms with van der Waals surface area (Å²) in [5.41, 5.74) is 5.87. The maximum absolute atomic E-state index is 11.9. The van der Waals surface area contributed by atoms with Crippen molar-refractivity contribution in [2.45, 2.75) is 56.6 Å². The van der Waals surface area contributed by atoms with Gasteiger partial charge in [-0.15, -0.1) is 0 Å². The maximum Gasteiger partial charge on any atom is 0.214 e. The van der Waals surface area contributed by atoms with Crippen LogP contribution in [-0.2, 0) is 14.8 Å². The molecule has 3 N–H and O–H groups in total. The third-order valence-corrected chi connectivity index (χ3v) is 5.32. The fraction of sp³-hybridized carbons (Fsp3) is 1.00. The molecule has 0 spiro atoms. The second-order valence-electron chi connectivity index (χ2n) is 5.66. The molecule has 6 heteroatoms. The summed E-state index contributed by atoms with van der Waals surface area (Å²) in [6, 6.07) is 0. The fourth-order valence-electron chi connectivity index (χ4n) is 2.77. The second kappa shape index (κ2) is 5.86. The molecule has 1 unspecified atom stereocenters. The molecule has 106 valence electrons. The summed E-state index contributed by atoms with van der Waals surface area (Å²) in [7, 11) is -3.26. The standard InChI is InChI=1S/C12H24N2O3S/c13-12(6-2-1-3-7-12)10-14-18(15,16)9-11-5-4-8-17-11/h11,14H,1-10,13H2. The van der Waals surface area contributed by atoms with Crippen molar-refractivity contribution in [3.05, 3.63) is 0 Å². The van der Waals surface area contributed by atoms with Crippen LogP contribution in [0.15, 0.2) is 0 Å². The Kier molecular flexibility index (Phi) is 4.64. The molecule has 2 aliphatic rings.